The van der Waals surface area contributed by atoms with Crippen LogP contribution in [0, 0.1) is 0 Å². The van der Waals surface area contributed by atoms with Crippen molar-refractivity contribution in [3.63, 3.8) is 0 Å². The lowest BCUT2D eigenvalue weighted by Gasteiger charge is -2.26. The molecule has 0 aliphatic carbocycles. The number of anilines is 1. The van der Waals surface area contributed by atoms with E-state index in [0.29, 0.717) is 0 Å². The molecule has 1 aromatic heterocycles. The van der Waals surface area contributed by atoms with Crippen molar-refractivity contribution in [3.05, 3.63) is 119 Å². The summed E-state index contributed by atoms with van der Waals surface area (Å²) in [4.78, 5) is 6.49. The Labute approximate surface area is 196 Å². The number of hydrogen-bond donors (Lipinski definition) is 0. The summed E-state index contributed by atoms with van der Waals surface area (Å²) in [6.07, 6.45) is 20.8. The first-order valence-corrected chi connectivity index (χ1v) is 11.3. The monoisotopic (exact) mass is 428 g/mol. The largest absolute Gasteiger partial charge is 0.341 e. The van der Waals surface area contributed by atoms with E-state index in [0.717, 1.165) is 17.8 Å². The number of aromatic nitrogens is 1. The summed E-state index contributed by atoms with van der Waals surface area (Å²) >= 11 is 0. The van der Waals surface area contributed by atoms with Gasteiger partial charge in [0.25, 0.3) is 0 Å². The van der Waals surface area contributed by atoms with Gasteiger partial charge < -0.3 is 4.90 Å². The van der Waals surface area contributed by atoms with E-state index < -0.39 is 0 Å². The zero-order valence-corrected chi connectivity index (χ0v) is 21.2. The standard InChI is InChI=1S/C30H40N2/c1-10-24(7)30(32(13-4)28-18-20-31-21-19-28)17-15-26(9)29(22-23(5)6)25(8)14-16-27(11-2)12-3/h10-12,14-22H,2,13H2,1,3-9H3/b16-14+,24-10-,26-15+,27-12+,29-25+,30-17+. The summed E-state index contributed by atoms with van der Waals surface area (Å²) in [5.41, 5.74) is 9.64. The molecular formula is C30H40N2. The van der Waals surface area contributed by atoms with Crippen LogP contribution in [0.4, 0.5) is 5.69 Å². The Morgan fingerprint density at radius 1 is 0.938 bits per heavy atom. The smallest absolute Gasteiger partial charge is 0.0441 e. The maximum absolute atomic E-state index is 4.17. The first kappa shape index (κ1) is 26.9. The molecule has 0 N–H and O–H groups in total. The van der Waals surface area contributed by atoms with E-state index in [1.165, 1.54) is 33.6 Å². The van der Waals surface area contributed by atoms with E-state index in [2.05, 4.69) is 120 Å². The number of nitrogens with zero attached hydrogens (tertiary/aromatic N) is 2. The van der Waals surface area contributed by atoms with Crippen molar-refractivity contribution in [1.82, 2.24) is 4.98 Å². The molecule has 0 spiro atoms. The molecule has 0 unspecified atom stereocenters. The predicted molar refractivity (Wildman–Crippen MR) is 144 cm³/mol. The molecular weight excluding hydrogens is 388 g/mol. The average molecular weight is 429 g/mol. The molecule has 0 saturated carbocycles. The second-order valence-electron chi connectivity index (χ2n) is 7.97. The Hall–Kier alpha value is -3.13. The van der Waals surface area contributed by atoms with Gasteiger partial charge in [0.2, 0.25) is 0 Å². The summed E-state index contributed by atoms with van der Waals surface area (Å²) in [5.74, 6) is 0. The number of allylic oxidation sites excluding steroid dienone is 14. The molecule has 1 heterocycles. The SMILES string of the molecule is C=CC(/C=C/C(C)=C(C=C(C)C)/C(C)=C/C=C(\C(C)=C/C)N(CC)c1ccncc1)=C\C. The molecule has 1 rings (SSSR count). The Morgan fingerprint density at radius 3 is 2.09 bits per heavy atom. The highest BCUT2D eigenvalue weighted by atomic mass is 15.1. The fourth-order valence-electron chi connectivity index (χ4n) is 3.31. The summed E-state index contributed by atoms with van der Waals surface area (Å²) in [6, 6.07) is 4.11. The van der Waals surface area contributed by atoms with Crippen LogP contribution in [-0.2, 0) is 0 Å². The minimum atomic E-state index is 0.875. The lowest BCUT2D eigenvalue weighted by Crippen LogP contribution is -2.22. The summed E-state index contributed by atoms with van der Waals surface area (Å²) < 4.78 is 0. The van der Waals surface area contributed by atoms with Crippen molar-refractivity contribution < 1.29 is 0 Å². The lowest BCUT2D eigenvalue weighted by molar-refractivity contribution is 0.955. The van der Waals surface area contributed by atoms with Crippen LogP contribution in [0.2, 0.25) is 0 Å². The van der Waals surface area contributed by atoms with Crippen molar-refractivity contribution in [2.24, 2.45) is 0 Å². The number of rotatable bonds is 10. The van der Waals surface area contributed by atoms with E-state index in [-0.39, 0.29) is 0 Å². The Balaban J connectivity index is 3.55. The third kappa shape index (κ3) is 8.19. The third-order valence-electron chi connectivity index (χ3n) is 5.29. The molecule has 0 fully saturated rings. The highest BCUT2D eigenvalue weighted by molar-refractivity contribution is 5.57. The van der Waals surface area contributed by atoms with Gasteiger partial charge >= 0.3 is 0 Å². The molecule has 0 aromatic carbocycles. The van der Waals surface area contributed by atoms with E-state index >= 15 is 0 Å². The molecule has 0 bridgehead atoms. The van der Waals surface area contributed by atoms with Gasteiger partial charge in [-0.15, -0.1) is 0 Å². The van der Waals surface area contributed by atoms with Crippen LogP contribution in [-0.4, -0.2) is 11.5 Å². The Bertz CT molecular complexity index is 973. The summed E-state index contributed by atoms with van der Waals surface area (Å²) in [6.45, 7) is 21.8. The van der Waals surface area contributed by atoms with E-state index in [4.69, 9.17) is 0 Å². The van der Waals surface area contributed by atoms with Crippen LogP contribution in [0.15, 0.2) is 119 Å². The summed E-state index contributed by atoms with van der Waals surface area (Å²) in [5, 5.41) is 0. The fraction of sp³-hybridized carbons (Fsp3) is 0.300. The van der Waals surface area contributed by atoms with Crippen molar-refractivity contribution >= 4 is 5.69 Å². The fourth-order valence-corrected chi connectivity index (χ4v) is 3.31. The van der Waals surface area contributed by atoms with Crippen LogP contribution in [0.25, 0.3) is 0 Å². The lowest BCUT2D eigenvalue weighted by atomic mass is 9.98. The molecule has 0 amide bonds. The second kappa shape index (κ2) is 14.0. The quantitative estimate of drug-likeness (QED) is 0.346. The molecule has 0 saturated heterocycles. The van der Waals surface area contributed by atoms with E-state index in [9.17, 15) is 0 Å². The van der Waals surface area contributed by atoms with Crippen LogP contribution in [0.5, 0.6) is 0 Å². The number of hydrogen-bond acceptors (Lipinski definition) is 2. The molecule has 170 valence electrons. The number of pyridine rings is 1. The van der Waals surface area contributed by atoms with E-state index in [1.54, 1.807) is 0 Å². The van der Waals surface area contributed by atoms with Crippen LogP contribution in [0.1, 0.15) is 55.4 Å². The van der Waals surface area contributed by atoms with E-state index in [1.807, 2.05) is 25.4 Å². The predicted octanol–water partition coefficient (Wildman–Crippen LogP) is 8.68. The van der Waals surface area contributed by atoms with Gasteiger partial charge in [-0.05, 0) is 101 Å². The molecule has 32 heavy (non-hydrogen) atoms. The first-order valence-electron chi connectivity index (χ1n) is 11.3. The van der Waals surface area contributed by atoms with Gasteiger partial charge in [0.1, 0.15) is 0 Å². The van der Waals surface area contributed by atoms with Gasteiger partial charge in [-0.3, -0.25) is 4.98 Å². The van der Waals surface area contributed by atoms with Crippen molar-refractivity contribution in [1.29, 1.82) is 0 Å². The number of likely N-dealkylation sites (N-methyl/N-ethyl adjacent to an activating group) is 1. The molecule has 0 atom stereocenters. The molecule has 2 nitrogen and oxygen atoms in total. The van der Waals surface area contributed by atoms with Gasteiger partial charge in [-0.2, -0.15) is 0 Å². The minimum Gasteiger partial charge on any atom is -0.341 e. The van der Waals surface area contributed by atoms with Crippen LogP contribution < -0.4 is 4.90 Å². The van der Waals surface area contributed by atoms with Crippen LogP contribution >= 0.6 is 0 Å². The molecule has 0 aliphatic heterocycles. The molecule has 0 radical (unpaired) electrons. The Kier molecular flexibility index (Phi) is 11.8. The van der Waals surface area contributed by atoms with Crippen molar-refractivity contribution in [3.8, 4) is 0 Å². The van der Waals surface area contributed by atoms with Gasteiger partial charge in [0, 0.05) is 30.3 Å². The zero-order chi connectivity index (χ0) is 24.1. The maximum Gasteiger partial charge on any atom is 0.0441 e. The first-order chi connectivity index (χ1) is 15.3. The minimum absolute atomic E-state index is 0.875. The Morgan fingerprint density at radius 2 is 1.59 bits per heavy atom. The topological polar surface area (TPSA) is 16.1 Å². The van der Waals surface area contributed by atoms with Crippen molar-refractivity contribution in [2.45, 2.75) is 55.4 Å². The van der Waals surface area contributed by atoms with Gasteiger partial charge in [-0.1, -0.05) is 54.7 Å². The third-order valence-corrected chi connectivity index (χ3v) is 5.29. The highest BCUT2D eigenvalue weighted by Gasteiger charge is 2.11. The second-order valence-corrected chi connectivity index (χ2v) is 7.97. The summed E-state index contributed by atoms with van der Waals surface area (Å²) in [7, 11) is 0. The highest BCUT2D eigenvalue weighted by Crippen LogP contribution is 2.25. The van der Waals surface area contributed by atoms with Gasteiger partial charge in [0.05, 0.1) is 0 Å². The van der Waals surface area contributed by atoms with Gasteiger partial charge in [-0.25, -0.2) is 0 Å². The zero-order valence-electron chi connectivity index (χ0n) is 21.2. The van der Waals surface area contributed by atoms with Crippen LogP contribution in [0.3, 0.4) is 0 Å². The normalized spacial score (nSPS) is 14.4. The average Bonchev–Trinajstić information content (AvgIpc) is 2.80. The molecule has 2 heteroatoms. The molecule has 0 aliphatic rings. The molecule has 1 aromatic rings. The maximum atomic E-state index is 4.17. The van der Waals surface area contributed by atoms with Gasteiger partial charge in [0.15, 0.2) is 0 Å². The van der Waals surface area contributed by atoms with Crippen molar-refractivity contribution in [2.75, 3.05) is 11.4 Å².